The molecule has 1 aromatic rings. The zero-order chi connectivity index (χ0) is 14.5. The fourth-order valence-corrected chi connectivity index (χ4v) is 2.10. The second-order valence-electron chi connectivity index (χ2n) is 2.74. The van der Waals surface area contributed by atoms with Crippen LogP contribution in [0.3, 0.4) is 0 Å². The molecule has 100 valence electrons. The molecule has 0 aliphatic carbocycles. The number of aldehydes is 1. The fraction of sp³-hybridized carbons (Fsp3) is 0.273. The van der Waals surface area contributed by atoms with Crippen LogP contribution in [-0.2, 0) is 0 Å². The molecule has 3 nitrogen and oxygen atoms in total. The molecule has 0 aliphatic heterocycles. The van der Waals surface area contributed by atoms with Gasteiger partial charge in [-0.3, -0.25) is 9.59 Å². The summed E-state index contributed by atoms with van der Waals surface area (Å²) in [5, 5.41) is 2.03. The van der Waals surface area contributed by atoms with Crippen molar-refractivity contribution in [2.75, 3.05) is 7.05 Å². The highest BCUT2D eigenvalue weighted by Gasteiger charge is 2.23. The Morgan fingerprint density at radius 3 is 1.83 bits per heavy atom. The molecule has 0 aromatic heterocycles. The van der Waals surface area contributed by atoms with Gasteiger partial charge in [-0.05, 0) is 0 Å². The van der Waals surface area contributed by atoms with Gasteiger partial charge in [0.2, 0.25) is 0 Å². The molecule has 1 rings (SSSR count). The molecule has 0 radical (unpaired) electrons. The summed E-state index contributed by atoms with van der Waals surface area (Å²) in [4.78, 5) is 22.4. The molecular formula is C11H11Cl4NO2. The number of benzene rings is 1. The average Bonchev–Trinajstić information content (AvgIpc) is 2.41. The standard InChI is InChI=1S/C9H5Cl4NO2.C2H6/c1-14-9(16)4-3(2-15)5(10)7(12)8(13)6(4)11;1-2/h2H,1H3,(H,14,16);1-2H3. The van der Waals surface area contributed by atoms with Gasteiger partial charge >= 0.3 is 0 Å². The van der Waals surface area contributed by atoms with Crippen LogP contribution in [0.5, 0.6) is 0 Å². The van der Waals surface area contributed by atoms with Crippen LogP contribution < -0.4 is 5.32 Å². The Hall–Kier alpha value is -0.480. The predicted molar refractivity (Wildman–Crippen MR) is 76.6 cm³/mol. The lowest BCUT2D eigenvalue weighted by Crippen LogP contribution is -2.20. The van der Waals surface area contributed by atoms with Crippen molar-refractivity contribution in [2.45, 2.75) is 13.8 Å². The van der Waals surface area contributed by atoms with E-state index < -0.39 is 5.91 Å². The third-order valence-corrected chi connectivity index (χ3v) is 3.69. The quantitative estimate of drug-likeness (QED) is 0.493. The highest BCUT2D eigenvalue weighted by Crippen LogP contribution is 2.40. The third-order valence-electron chi connectivity index (χ3n) is 1.88. The molecule has 1 N–H and O–H groups in total. The van der Waals surface area contributed by atoms with E-state index >= 15 is 0 Å². The molecular weight excluding hydrogens is 320 g/mol. The monoisotopic (exact) mass is 329 g/mol. The van der Waals surface area contributed by atoms with Gasteiger partial charge in [0, 0.05) is 12.6 Å². The van der Waals surface area contributed by atoms with E-state index in [1.165, 1.54) is 7.05 Å². The molecule has 0 heterocycles. The van der Waals surface area contributed by atoms with Crippen LogP contribution in [0.4, 0.5) is 0 Å². The van der Waals surface area contributed by atoms with Crippen molar-refractivity contribution in [3.05, 3.63) is 31.2 Å². The summed E-state index contributed by atoms with van der Waals surface area (Å²) in [6.07, 6.45) is 0.404. The van der Waals surface area contributed by atoms with Crippen molar-refractivity contribution in [2.24, 2.45) is 0 Å². The highest BCUT2D eigenvalue weighted by molar-refractivity contribution is 6.53. The molecule has 1 amide bonds. The highest BCUT2D eigenvalue weighted by atomic mass is 35.5. The Bertz CT molecular complexity index is 475. The van der Waals surface area contributed by atoms with Gasteiger partial charge in [0.15, 0.2) is 6.29 Å². The number of rotatable bonds is 2. The maximum atomic E-state index is 11.5. The van der Waals surface area contributed by atoms with E-state index in [1.54, 1.807) is 0 Å². The molecule has 0 fully saturated rings. The van der Waals surface area contributed by atoms with Crippen molar-refractivity contribution in [1.29, 1.82) is 0 Å². The van der Waals surface area contributed by atoms with Gasteiger partial charge in [0.25, 0.3) is 5.91 Å². The van der Waals surface area contributed by atoms with Gasteiger partial charge in [-0.2, -0.15) is 0 Å². The lowest BCUT2D eigenvalue weighted by molar-refractivity contribution is 0.0957. The number of carbonyl (C=O) groups excluding carboxylic acids is 2. The first kappa shape index (κ1) is 17.5. The van der Waals surface area contributed by atoms with E-state index in [9.17, 15) is 9.59 Å². The van der Waals surface area contributed by atoms with Gasteiger partial charge < -0.3 is 5.32 Å². The SMILES string of the molecule is CC.CNC(=O)c1c(Cl)c(Cl)c(Cl)c(Cl)c1C=O. The lowest BCUT2D eigenvalue weighted by atomic mass is 10.1. The molecule has 7 heteroatoms. The van der Waals surface area contributed by atoms with Gasteiger partial charge in [0.05, 0.1) is 25.7 Å². The summed E-state index contributed by atoms with van der Waals surface area (Å²) in [6.45, 7) is 4.00. The maximum Gasteiger partial charge on any atom is 0.253 e. The molecule has 18 heavy (non-hydrogen) atoms. The maximum absolute atomic E-state index is 11.5. The Kier molecular flexibility index (Phi) is 7.64. The molecule has 0 saturated heterocycles. The fourth-order valence-electron chi connectivity index (χ4n) is 1.11. The normalized spacial score (nSPS) is 9.28. The average molecular weight is 331 g/mol. The summed E-state index contributed by atoms with van der Waals surface area (Å²) in [5.41, 5.74) is -0.168. The number of carbonyl (C=O) groups is 2. The van der Waals surface area contributed by atoms with E-state index in [0.29, 0.717) is 6.29 Å². The first-order chi connectivity index (χ1) is 8.45. The minimum Gasteiger partial charge on any atom is -0.355 e. The van der Waals surface area contributed by atoms with E-state index in [2.05, 4.69) is 5.32 Å². The second-order valence-corrected chi connectivity index (χ2v) is 4.25. The van der Waals surface area contributed by atoms with Crippen LogP contribution in [0.25, 0.3) is 0 Å². The molecule has 0 bridgehead atoms. The minimum atomic E-state index is -0.562. The first-order valence-electron chi connectivity index (χ1n) is 4.98. The zero-order valence-corrected chi connectivity index (χ0v) is 12.9. The van der Waals surface area contributed by atoms with E-state index in [-0.39, 0.29) is 31.2 Å². The second kappa shape index (κ2) is 7.85. The van der Waals surface area contributed by atoms with E-state index in [1.807, 2.05) is 13.8 Å². The summed E-state index contributed by atoms with van der Waals surface area (Å²) in [6, 6.07) is 0. The van der Waals surface area contributed by atoms with Crippen LogP contribution in [0, 0.1) is 0 Å². The molecule has 0 atom stereocenters. The van der Waals surface area contributed by atoms with E-state index in [4.69, 9.17) is 46.4 Å². The van der Waals surface area contributed by atoms with Gasteiger partial charge in [-0.15, -0.1) is 0 Å². The van der Waals surface area contributed by atoms with Crippen molar-refractivity contribution in [3.8, 4) is 0 Å². The first-order valence-corrected chi connectivity index (χ1v) is 6.50. The zero-order valence-electron chi connectivity index (χ0n) is 9.91. The number of hydrogen-bond acceptors (Lipinski definition) is 2. The Morgan fingerprint density at radius 2 is 1.44 bits per heavy atom. The molecule has 1 aromatic carbocycles. The number of halogens is 4. The molecule has 0 unspecified atom stereocenters. The number of hydrogen-bond donors (Lipinski definition) is 1. The smallest absolute Gasteiger partial charge is 0.253 e. The van der Waals surface area contributed by atoms with Crippen molar-refractivity contribution < 1.29 is 9.59 Å². The van der Waals surface area contributed by atoms with Crippen molar-refractivity contribution in [3.63, 3.8) is 0 Å². The van der Waals surface area contributed by atoms with Crippen molar-refractivity contribution in [1.82, 2.24) is 5.32 Å². The lowest BCUT2D eigenvalue weighted by Gasteiger charge is -2.11. The largest absolute Gasteiger partial charge is 0.355 e. The Labute approximate surface area is 125 Å². The van der Waals surface area contributed by atoms with Crippen LogP contribution in [-0.4, -0.2) is 19.2 Å². The Balaban J connectivity index is 0.00000137. The predicted octanol–water partition coefficient (Wildman–Crippen LogP) is 4.50. The van der Waals surface area contributed by atoms with Crippen LogP contribution >= 0.6 is 46.4 Å². The molecule has 0 aliphatic rings. The number of nitrogens with one attached hydrogen (secondary N) is 1. The minimum absolute atomic E-state index is 0.0527. The molecule has 0 saturated carbocycles. The summed E-state index contributed by atoms with van der Waals surface area (Å²) < 4.78 is 0. The van der Waals surface area contributed by atoms with Gasteiger partial charge in [0.1, 0.15) is 0 Å². The summed E-state index contributed by atoms with van der Waals surface area (Å²) >= 11 is 23.1. The van der Waals surface area contributed by atoms with E-state index in [0.717, 1.165) is 0 Å². The van der Waals surface area contributed by atoms with Gasteiger partial charge in [-0.25, -0.2) is 0 Å². The van der Waals surface area contributed by atoms with Gasteiger partial charge in [-0.1, -0.05) is 60.3 Å². The Morgan fingerprint density at radius 1 is 1.00 bits per heavy atom. The molecule has 0 spiro atoms. The van der Waals surface area contributed by atoms with Crippen LogP contribution in [0.15, 0.2) is 0 Å². The summed E-state index contributed by atoms with van der Waals surface area (Å²) in [5.74, 6) is -0.562. The topological polar surface area (TPSA) is 46.2 Å². The van der Waals surface area contributed by atoms with Crippen LogP contribution in [0.2, 0.25) is 20.1 Å². The third kappa shape index (κ3) is 3.29. The number of amides is 1. The van der Waals surface area contributed by atoms with Crippen LogP contribution in [0.1, 0.15) is 34.6 Å². The van der Waals surface area contributed by atoms with Crippen molar-refractivity contribution >= 4 is 58.6 Å². The summed E-state index contributed by atoms with van der Waals surface area (Å²) in [7, 11) is 1.39.